The van der Waals surface area contributed by atoms with E-state index in [0.717, 1.165) is 6.42 Å². The van der Waals surface area contributed by atoms with E-state index in [-0.39, 0.29) is 5.97 Å². The van der Waals surface area contributed by atoms with E-state index >= 15 is 0 Å². The molecule has 0 aliphatic rings. The Morgan fingerprint density at radius 3 is 2.46 bits per heavy atom. The first-order valence-corrected chi connectivity index (χ1v) is 4.38. The summed E-state index contributed by atoms with van der Waals surface area (Å²) in [4.78, 5) is 11.3. The summed E-state index contributed by atoms with van der Waals surface area (Å²) in [6, 6.07) is 0. The maximum atomic E-state index is 11.3. The summed E-state index contributed by atoms with van der Waals surface area (Å²) in [5.41, 5.74) is 4.96. The lowest BCUT2D eigenvalue weighted by Gasteiger charge is -2.24. The Hall–Kier alpha value is -0.610. The van der Waals surface area contributed by atoms with Gasteiger partial charge >= 0.3 is 5.97 Å². The number of rotatable bonds is 6. The average Bonchev–Trinajstić information content (AvgIpc) is 2.16. The second-order valence-corrected chi connectivity index (χ2v) is 3.35. The van der Waals surface area contributed by atoms with Crippen LogP contribution in [0.25, 0.3) is 0 Å². The normalized spacial score (nSPS) is 15.1. The highest BCUT2D eigenvalue weighted by Gasteiger charge is 2.32. The second kappa shape index (κ2) is 5.94. The van der Waals surface area contributed by atoms with Crippen LogP contribution in [0.2, 0.25) is 0 Å². The molecule has 0 radical (unpaired) electrons. The van der Waals surface area contributed by atoms with E-state index in [1.165, 1.54) is 7.11 Å². The van der Waals surface area contributed by atoms with Crippen LogP contribution in [0.5, 0.6) is 0 Å². The van der Waals surface area contributed by atoms with Gasteiger partial charge in [0.05, 0.1) is 12.5 Å². The summed E-state index contributed by atoms with van der Waals surface area (Å²) in [7, 11) is 3.02. The van der Waals surface area contributed by atoms with Crippen LogP contribution in [-0.2, 0) is 14.3 Å². The highest BCUT2D eigenvalue weighted by atomic mass is 16.5. The molecule has 78 valence electrons. The maximum absolute atomic E-state index is 11.3. The minimum atomic E-state index is -0.562. The van der Waals surface area contributed by atoms with Crippen molar-refractivity contribution in [3.8, 4) is 0 Å². The molecule has 0 bridgehead atoms. The molecule has 0 saturated heterocycles. The van der Waals surface area contributed by atoms with Crippen LogP contribution >= 0.6 is 0 Å². The largest absolute Gasteiger partial charge is 0.469 e. The molecule has 0 heterocycles. The molecule has 4 nitrogen and oxygen atoms in total. The van der Waals surface area contributed by atoms with E-state index in [9.17, 15) is 4.79 Å². The Bertz CT molecular complexity index is 161. The number of esters is 1. The van der Waals surface area contributed by atoms with E-state index < -0.39 is 5.41 Å². The fourth-order valence-corrected chi connectivity index (χ4v) is 1.14. The first kappa shape index (κ1) is 12.4. The zero-order valence-electron chi connectivity index (χ0n) is 8.63. The Morgan fingerprint density at radius 1 is 1.46 bits per heavy atom. The van der Waals surface area contributed by atoms with Gasteiger partial charge in [0.1, 0.15) is 0 Å². The summed E-state index contributed by atoms with van der Waals surface area (Å²) >= 11 is 0. The minimum absolute atomic E-state index is 0.244. The number of hydrogen-bond acceptors (Lipinski definition) is 4. The number of nitrogens with two attached hydrogens (primary N) is 1. The number of methoxy groups -OCH3 is 2. The van der Waals surface area contributed by atoms with Crippen LogP contribution < -0.4 is 5.73 Å². The molecule has 4 heteroatoms. The van der Waals surface area contributed by atoms with Crippen molar-refractivity contribution in [1.82, 2.24) is 0 Å². The monoisotopic (exact) mass is 189 g/mol. The number of ether oxygens (including phenoxy) is 2. The number of carbonyl (C=O) groups is 1. The number of hydrogen-bond donors (Lipinski definition) is 1. The van der Waals surface area contributed by atoms with Gasteiger partial charge in [-0.1, -0.05) is 0 Å². The Labute approximate surface area is 79.4 Å². The smallest absolute Gasteiger partial charge is 0.312 e. The summed E-state index contributed by atoms with van der Waals surface area (Å²) in [5.74, 6) is -0.244. The molecule has 0 saturated carbocycles. The second-order valence-electron chi connectivity index (χ2n) is 3.35. The van der Waals surface area contributed by atoms with Crippen molar-refractivity contribution < 1.29 is 14.3 Å². The summed E-state index contributed by atoms with van der Waals surface area (Å²) < 4.78 is 9.58. The van der Waals surface area contributed by atoms with Gasteiger partial charge in [-0.25, -0.2) is 0 Å². The molecule has 0 aromatic rings. The van der Waals surface area contributed by atoms with Gasteiger partial charge in [0.25, 0.3) is 0 Å². The predicted octanol–water partition coefficient (Wildman–Crippen LogP) is 0.551. The van der Waals surface area contributed by atoms with Crippen molar-refractivity contribution in [3.63, 3.8) is 0 Å². The lowest BCUT2D eigenvalue weighted by atomic mass is 9.86. The Morgan fingerprint density at radius 2 is 2.08 bits per heavy atom. The predicted molar refractivity (Wildman–Crippen MR) is 50.3 cm³/mol. The third-order valence-electron chi connectivity index (χ3n) is 2.21. The lowest BCUT2D eigenvalue weighted by molar-refractivity contribution is -0.151. The van der Waals surface area contributed by atoms with Crippen LogP contribution in [0.4, 0.5) is 0 Å². The summed E-state index contributed by atoms with van der Waals surface area (Å²) in [5, 5.41) is 0. The first-order valence-electron chi connectivity index (χ1n) is 4.38. The van der Waals surface area contributed by atoms with Gasteiger partial charge in [-0.05, 0) is 19.8 Å². The lowest BCUT2D eigenvalue weighted by Crippen LogP contribution is -2.36. The van der Waals surface area contributed by atoms with Gasteiger partial charge in [0, 0.05) is 20.3 Å². The van der Waals surface area contributed by atoms with Crippen molar-refractivity contribution >= 4 is 5.97 Å². The maximum Gasteiger partial charge on any atom is 0.312 e. The molecular weight excluding hydrogens is 170 g/mol. The van der Waals surface area contributed by atoms with Crippen molar-refractivity contribution in [2.75, 3.05) is 27.4 Å². The van der Waals surface area contributed by atoms with Gasteiger partial charge in [0.15, 0.2) is 0 Å². The molecule has 0 rings (SSSR count). The number of carbonyl (C=O) groups excluding carboxylic acids is 1. The van der Waals surface area contributed by atoms with Crippen LogP contribution in [0.3, 0.4) is 0 Å². The van der Waals surface area contributed by atoms with E-state index in [1.54, 1.807) is 7.11 Å². The van der Waals surface area contributed by atoms with Crippen LogP contribution in [0.15, 0.2) is 0 Å². The minimum Gasteiger partial charge on any atom is -0.469 e. The van der Waals surface area contributed by atoms with Gasteiger partial charge < -0.3 is 15.2 Å². The standard InChI is InChI=1S/C9H19NO3/c1-9(7-10,8(11)13-3)5-4-6-12-2/h4-7,10H2,1-3H3. The van der Waals surface area contributed by atoms with E-state index in [0.29, 0.717) is 19.6 Å². The van der Waals surface area contributed by atoms with E-state index in [1.807, 2.05) is 6.92 Å². The van der Waals surface area contributed by atoms with Crippen molar-refractivity contribution in [2.24, 2.45) is 11.1 Å². The molecule has 13 heavy (non-hydrogen) atoms. The fraction of sp³-hybridized carbons (Fsp3) is 0.889. The molecule has 1 atom stereocenters. The molecule has 0 spiro atoms. The van der Waals surface area contributed by atoms with Gasteiger partial charge in [-0.3, -0.25) is 4.79 Å². The third kappa shape index (κ3) is 3.74. The molecule has 0 fully saturated rings. The SMILES string of the molecule is COCCCC(C)(CN)C(=O)OC. The molecule has 0 amide bonds. The molecule has 1 unspecified atom stereocenters. The van der Waals surface area contributed by atoms with Gasteiger partial charge in [-0.2, -0.15) is 0 Å². The third-order valence-corrected chi connectivity index (χ3v) is 2.21. The van der Waals surface area contributed by atoms with Crippen molar-refractivity contribution in [2.45, 2.75) is 19.8 Å². The Kier molecular flexibility index (Phi) is 5.66. The van der Waals surface area contributed by atoms with E-state index in [4.69, 9.17) is 10.5 Å². The van der Waals surface area contributed by atoms with Gasteiger partial charge in [-0.15, -0.1) is 0 Å². The van der Waals surface area contributed by atoms with Crippen LogP contribution in [0, 0.1) is 5.41 Å². The first-order chi connectivity index (χ1) is 6.10. The highest BCUT2D eigenvalue weighted by Crippen LogP contribution is 2.23. The van der Waals surface area contributed by atoms with Crippen LogP contribution in [-0.4, -0.2) is 33.3 Å². The van der Waals surface area contributed by atoms with E-state index in [2.05, 4.69) is 4.74 Å². The zero-order valence-corrected chi connectivity index (χ0v) is 8.63. The fourth-order valence-electron chi connectivity index (χ4n) is 1.14. The Balaban J connectivity index is 4.03. The highest BCUT2D eigenvalue weighted by molar-refractivity contribution is 5.76. The quantitative estimate of drug-likeness (QED) is 0.489. The van der Waals surface area contributed by atoms with Gasteiger partial charge in [0.2, 0.25) is 0 Å². The average molecular weight is 189 g/mol. The molecule has 0 aromatic carbocycles. The topological polar surface area (TPSA) is 61.5 Å². The molecule has 2 N–H and O–H groups in total. The summed E-state index contributed by atoms with van der Waals surface area (Å²) in [6.45, 7) is 2.77. The molecule has 0 aliphatic heterocycles. The van der Waals surface area contributed by atoms with Crippen LogP contribution in [0.1, 0.15) is 19.8 Å². The van der Waals surface area contributed by atoms with Crippen molar-refractivity contribution in [1.29, 1.82) is 0 Å². The molecule has 0 aliphatic carbocycles. The van der Waals surface area contributed by atoms with Crippen molar-refractivity contribution in [3.05, 3.63) is 0 Å². The summed E-state index contributed by atoms with van der Waals surface area (Å²) in [6.07, 6.45) is 1.52. The molecular formula is C9H19NO3. The molecule has 0 aromatic heterocycles. The zero-order chi connectivity index (χ0) is 10.3.